The fraction of sp³-hybridized carbons (Fsp3) is 0.105. The number of aromatic nitrogens is 2. The lowest BCUT2D eigenvalue weighted by Gasteiger charge is -2.14. The number of hydrogen-bond donors (Lipinski definition) is 1. The van der Waals surface area contributed by atoms with Gasteiger partial charge in [-0.25, -0.2) is 9.97 Å². The molecule has 0 bridgehead atoms. The van der Waals surface area contributed by atoms with Crippen LogP contribution in [0.1, 0.15) is 11.3 Å². The van der Waals surface area contributed by atoms with E-state index in [-0.39, 0.29) is 5.75 Å². The van der Waals surface area contributed by atoms with Crippen LogP contribution in [-0.4, -0.2) is 28.3 Å². The van der Waals surface area contributed by atoms with Gasteiger partial charge in [0, 0.05) is 18.8 Å². The predicted molar refractivity (Wildman–Crippen MR) is 96.3 cm³/mol. The van der Waals surface area contributed by atoms with Gasteiger partial charge in [-0.1, -0.05) is 42.5 Å². The molecule has 0 spiro atoms. The van der Waals surface area contributed by atoms with Crippen molar-refractivity contribution in [1.29, 1.82) is 0 Å². The summed E-state index contributed by atoms with van der Waals surface area (Å²) in [5.41, 5.74) is 2.42. The molecule has 3 rings (SSSR count). The van der Waals surface area contributed by atoms with Crippen molar-refractivity contribution in [2.24, 2.45) is 5.10 Å². The van der Waals surface area contributed by atoms with Gasteiger partial charge in [0.05, 0.1) is 11.8 Å². The maximum absolute atomic E-state index is 10.0. The van der Waals surface area contributed by atoms with Crippen molar-refractivity contribution in [2.75, 3.05) is 12.1 Å². The second kappa shape index (κ2) is 6.91. The lowest BCUT2D eigenvalue weighted by atomic mass is 10.2. The summed E-state index contributed by atoms with van der Waals surface area (Å²) < 4.78 is 0. The molecule has 1 heterocycles. The maximum atomic E-state index is 10.0. The minimum Gasteiger partial charge on any atom is -0.507 e. The zero-order valence-corrected chi connectivity index (χ0v) is 13.6. The Balaban J connectivity index is 1.91. The number of phenols is 1. The van der Waals surface area contributed by atoms with Crippen LogP contribution >= 0.6 is 0 Å². The van der Waals surface area contributed by atoms with Gasteiger partial charge in [-0.05, 0) is 24.6 Å². The summed E-state index contributed by atoms with van der Waals surface area (Å²) >= 11 is 0. The summed E-state index contributed by atoms with van der Waals surface area (Å²) in [5.74, 6) is 1.29. The number of aromatic hydroxyl groups is 1. The van der Waals surface area contributed by atoms with Crippen LogP contribution < -0.4 is 5.01 Å². The molecule has 120 valence electrons. The number of aryl methyl sites for hydroxylation is 1. The highest BCUT2D eigenvalue weighted by atomic mass is 16.3. The predicted octanol–water partition coefficient (Wildman–Crippen LogP) is 3.63. The van der Waals surface area contributed by atoms with E-state index in [2.05, 4.69) is 15.1 Å². The van der Waals surface area contributed by atoms with Gasteiger partial charge in [0.15, 0.2) is 11.6 Å². The molecule has 0 radical (unpaired) electrons. The highest BCUT2D eigenvalue weighted by molar-refractivity contribution is 5.80. The van der Waals surface area contributed by atoms with Gasteiger partial charge in [0.25, 0.3) is 0 Å². The Morgan fingerprint density at radius 3 is 2.46 bits per heavy atom. The van der Waals surface area contributed by atoms with Crippen LogP contribution in [0.3, 0.4) is 0 Å². The van der Waals surface area contributed by atoms with Crippen LogP contribution in [0.4, 0.5) is 5.82 Å². The van der Waals surface area contributed by atoms with Crippen LogP contribution in [0, 0.1) is 6.92 Å². The molecule has 0 fully saturated rings. The van der Waals surface area contributed by atoms with E-state index in [0.717, 1.165) is 11.3 Å². The fourth-order valence-corrected chi connectivity index (χ4v) is 2.25. The summed E-state index contributed by atoms with van der Waals surface area (Å²) in [6.07, 6.45) is 1.77. The molecule has 1 aromatic heterocycles. The van der Waals surface area contributed by atoms with Crippen LogP contribution in [0.15, 0.2) is 65.8 Å². The third-order valence-corrected chi connectivity index (χ3v) is 3.50. The van der Waals surface area contributed by atoms with Gasteiger partial charge >= 0.3 is 0 Å². The van der Waals surface area contributed by atoms with Gasteiger partial charge in [0.1, 0.15) is 5.75 Å². The summed E-state index contributed by atoms with van der Waals surface area (Å²) in [6.45, 7) is 1.89. The minimum atomic E-state index is 0.157. The van der Waals surface area contributed by atoms with E-state index in [1.807, 2.05) is 56.4 Å². The molecule has 1 N–H and O–H groups in total. The van der Waals surface area contributed by atoms with Crippen LogP contribution in [-0.2, 0) is 0 Å². The Kier molecular flexibility index (Phi) is 4.52. The number of benzene rings is 2. The maximum Gasteiger partial charge on any atom is 0.165 e. The molecule has 0 aliphatic rings. The third-order valence-electron chi connectivity index (χ3n) is 3.50. The zero-order chi connectivity index (χ0) is 16.9. The van der Waals surface area contributed by atoms with E-state index in [1.165, 1.54) is 0 Å². The van der Waals surface area contributed by atoms with Gasteiger partial charge in [-0.2, -0.15) is 5.10 Å². The smallest absolute Gasteiger partial charge is 0.165 e. The molecule has 0 unspecified atom stereocenters. The normalized spacial score (nSPS) is 10.9. The molecular weight excluding hydrogens is 300 g/mol. The Morgan fingerprint density at radius 2 is 1.71 bits per heavy atom. The molecule has 0 aliphatic heterocycles. The van der Waals surface area contributed by atoms with Gasteiger partial charge in [-0.15, -0.1) is 0 Å². The number of hydrogen-bond acceptors (Lipinski definition) is 5. The highest BCUT2D eigenvalue weighted by Gasteiger charge is 2.10. The molecule has 0 saturated carbocycles. The fourth-order valence-electron chi connectivity index (χ4n) is 2.25. The van der Waals surface area contributed by atoms with E-state index >= 15 is 0 Å². The summed E-state index contributed by atoms with van der Waals surface area (Å²) in [6, 6.07) is 18.7. The van der Waals surface area contributed by atoms with Crippen molar-refractivity contribution in [3.63, 3.8) is 0 Å². The van der Waals surface area contributed by atoms with Crippen molar-refractivity contribution in [3.8, 4) is 17.1 Å². The standard InChI is InChI=1S/C19H18N4O/c1-14-12-18(23(2)20-13-15-8-4-3-5-9-15)22-19(21-14)16-10-6-7-11-17(16)24/h3-13,24H,1-2H3/b20-13-. The molecule has 0 saturated heterocycles. The SMILES string of the molecule is Cc1cc(N(C)/N=C\c2ccccc2)nc(-c2ccccc2O)n1. The lowest BCUT2D eigenvalue weighted by molar-refractivity contribution is 0.477. The van der Waals surface area contributed by atoms with Gasteiger partial charge in [-0.3, -0.25) is 5.01 Å². The molecule has 3 aromatic rings. The molecule has 5 nitrogen and oxygen atoms in total. The first-order valence-corrected chi connectivity index (χ1v) is 7.60. The van der Waals surface area contributed by atoms with Gasteiger partial charge in [0.2, 0.25) is 0 Å². The first kappa shape index (κ1) is 15.7. The topological polar surface area (TPSA) is 61.6 Å². The molecule has 0 amide bonds. The monoisotopic (exact) mass is 318 g/mol. The van der Waals surface area contributed by atoms with E-state index < -0.39 is 0 Å². The van der Waals surface area contributed by atoms with Gasteiger partial charge < -0.3 is 5.11 Å². The van der Waals surface area contributed by atoms with E-state index in [0.29, 0.717) is 17.2 Å². The second-order valence-electron chi connectivity index (χ2n) is 5.39. The van der Waals surface area contributed by atoms with Crippen LogP contribution in [0.5, 0.6) is 5.75 Å². The Morgan fingerprint density at radius 1 is 1.00 bits per heavy atom. The molecule has 0 aliphatic carbocycles. The van der Waals surface area contributed by atoms with Crippen molar-refractivity contribution < 1.29 is 5.11 Å². The van der Waals surface area contributed by atoms with Crippen molar-refractivity contribution in [3.05, 3.63) is 71.9 Å². The zero-order valence-electron chi connectivity index (χ0n) is 13.6. The molecule has 0 atom stereocenters. The number of hydrazone groups is 1. The number of rotatable bonds is 4. The average Bonchev–Trinajstić information content (AvgIpc) is 2.60. The number of phenolic OH excluding ortho intramolecular Hbond substituents is 1. The summed E-state index contributed by atoms with van der Waals surface area (Å²) in [5, 5.41) is 16.1. The first-order valence-electron chi connectivity index (χ1n) is 7.60. The quantitative estimate of drug-likeness (QED) is 0.589. The summed E-state index contributed by atoms with van der Waals surface area (Å²) in [4.78, 5) is 8.93. The second-order valence-corrected chi connectivity index (χ2v) is 5.39. The average molecular weight is 318 g/mol. The lowest BCUT2D eigenvalue weighted by Crippen LogP contribution is -2.12. The Labute approximate surface area is 140 Å². The Hall–Kier alpha value is -3.21. The minimum absolute atomic E-state index is 0.157. The van der Waals surface area contributed by atoms with Crippen molar-refractivity contribution in [2.45, 2.75) is 6.92 Å². The van der Waals surface area contributed by atoms with Crippen molar-refractivity contribution in [1.82, 2.24) is 9.97 Å². The van der Waals surface area contributed by atoms with E-state index in [9.17, 15) is 5.11 Å². The number of anilines is 1. The molecule has 5 heteroatoms. The van der Waals surface area contributed by atoms with Crippen LogP contribution in [0.25, 0.3) is 11.4 Å². The van der Waals surface area contributed by atoms with Crippen molar-refractivity contribution >= 4 is 12.0 Å². The largest absolute Gasteiger partial charge is 0.507 e. The first-order chi connectivity index (χ1) is 11.6. The highest BCUT2D eigenvalue weighted by Crippen LogP contribution is 2.27. The molecule has 2 aromatic carbocycles. The molecular formula is C19H18N4O. The number of nitrogens with zero attached hydrogens (tertiary/aromatic N) is 4. The Bertz CT molecular complexity index is 862. The summed E-state index contributed by atoms with van der Waals surface area (Å²) in [7, 11) is 1.83. The third kappa shape index (κ3) is 3.57. The molecule has 24 heavy (non-hydrogen) atoms. The van der Waals surface area contributed by atoms with E-state index in [4.69, 9.17) is 0 Å². The van der Waals surface area contributed by atoms with E-state index in [1.54, 1.807) is 29.4 Å². The van der Waals surface area contributed by atoms with Crippen LogP contribution in [0.2, 0.25) is 0 Å². The number of para-hydroxylation sites is 1.